The molecule has 0 unspecified atom stereocenters. The Morgan fingerprint density at radius 2 is 2.10 bits per heavy atom. The zero-order valence-corrected chi connectivity index (χ0v) is 13.3. The number of benzene rings is 1. The molecular formula is C20H26O. The van der Waals surface area contributed by atoms with Crippen LogP contribution in [0.5, 0.6) is 5.75 Å². The number of hydrogen-bond donors (Lipinski definition) is 0. The highest BCUT2D eigenvalue weighted by Crippen LogP contribution is 2.57. The first-order valence-electron chi connectivity index (χ1n) is 8.56. The third-order valence-electron chi connectivity index (χ3n) is 6.51. The molecule has 1 nitrogen and oxygen atoms in total. The van der Waals surface area contributed by atoms with Gasteiger partial charge in [0.15, 0.2) is 0 Å². The van der Waals surface area contributed by atoms with Gasteiger partial charge in [0.25, 0.3) is 0 Å². The summed E-state index contributed by atoms with van der Waals surface area (Å²) in [7, 11) is 1.77. The van der Waals surface area contributed by atoms with Crippen molar-refractivity contribution >= 4 is 0 Å². The lowest BCUT2D eigenvalue weighted by molar-refractivity contribution is 0.0563. The highest BCUT2D eigenvalue weighted by Gasteiger charge is 2.47. The zero-order valence-electron chi connectivity index (χ0n) is 13.3. The number of methoxy groups -OCH3 is 1. The van der Waals surface area contributed by atoms with E-state index in [0.717, 1.165) is 23.5 Å². The average molecular weight is 282 g/mol. The fraction of sp³-hybridized carbons (Fsp3) is 0.600. The Balaban J connectivity index is 1.69. The monoisotopic (exact) mass is 282 g/mol. The van der Waals surface area contributed by atoms with Gasteiger partial charge in [0, 0.05) is 0 Å². The minimum absolute atomic E-state index is 0.476. The molecule has 0 amide bonds. The van der Waals surface area contributed by atoms with E-state index in [0.29, 0.717) is 5.41 Å². The van der Waals surface area contributed by atoms with Crippen LogP contribution >= 0.6 is 0 Å². The molecule has 0 bridgehead atoms. The molecule has 0 spiro atoms. The first-order valence-corrected chi connectivity index (χ1v) is 8.56. The molecule has 0 radical (unpaired) electrons. The van der Waals surface area contributed by atoms with Crippen molar-refractivity contribution in [2.75, 3.05) is 7.11 Å². The van der Waals surface area contributed by atoms with Gasteiger partial charge in [0.2, 0.25) is 0 Å². The van der Waals surface area contributed by atoms with Crippen molar-refractivity contribution in [3.8, 4) is 5.75 Å². The Hall–Kier alpha value is -1.24. The summed E-state index contributed by atoms with van der Waals surface area (Å²) in [5, 5.41) is 0. The number of ether oxygens (including phenoxy) is 1. The van der Waals surface area contributed by atoms with Crippen LogP contribution in [0.2, 0.25) is 0 Å². The lowest BCUT2D eigenvalue weighted by Crippen LogP contribution is -2.42. The molecule has 1 fully saturated rings. The number of rotatable bonds is 1. The molecule has 0 saturated heterocycles. The van der Waals surface area contributed by atoms with Gasteiger partial charge in [-0.25, -0.2) is 0 Å². The van der Waals surface area contributed by atoms with Crippen molar-refractivity contribution < 1.29 is 4.74 Å². The molecule has 3 aliphatic carbocycles. The van der Waals surface area contributed by atoms with Gasteiger partial charge >= 0.3 is 0 Å². The molecule has 4 rings (SSSR count). The average Bonchev–Trinajstić information content (AvgIpc) is 2.53. The van der Waals surface area contributed by atoms with Gasteiger partial charge in [-0.05, 0) is 85.0 Å². The quantitative estimate of drug-likeness (QED) is 0.651. The highest BCUT2D eigenvalue weighted by atomic mass is 16.5. The summed E-state index contributed by atoms with van der Waals surface area (Å²) in [6, 6.07) is 6.79. The standard InChI is InChI=1S/C20H26O/c1-20-11-4-3-5-19(20)18-8-6-14-13-15(21-2)7-9-16(14)17(18)10-12-20/h4,7,9,11,13,17-19H,3,5-6,8,10,12H2,1-2H3/t17-,18-,19+,20+/m1/s1. The summed E-state index contributed by atoms with van der Waals surface area (Å²) in [4.78, 5) is 0. The van der Waals surface area contributed by atoms with E-state index >= 15 is 0 Å². The van der Waals surface area contributed by atoms with Crippen LogP contribution < -0.4 is 4.74 Å². The predicted octanol–water partition coefficient (Wildman–Crippen LogP) is 5.11. The summed E-state index contributed by atoms with van der Waals surface area (Å²) in [5.74, 6) is 3.61. The van der Waals surface area contributed by atoms with E-state index < -0.39 is 0 Å². The van der Waals surface area contributed by atoms with Gasteiger partial charge in [-0.2, -0.15) is 0 Å². The smallest absolute Gasteiger partial charge is 0.119 e. The third kappa shape index (κ3) is 2.05. The molecule has 4 atom stereocenters. The molecule has 21 heavy (non-hydrogen) atoms. The number of fused-ring (bicyclic) bond motifs is 5. The highest BCUT2D eigenvalue weighted by molar-refractivity contribution is 5.40. The second kappa shape index (κ2) is 4.90. The van der Waals surface area contributed by atoms with E-state index in [4.69, 9.17) is 4.74 Å². The lowest BCUT2D eigenvalue weighted by Gasteiger charge is -2.52. The van der Waals surface area contributed by atoms with E-state index in [-0.39, 0.29) is 0 Å². The minimum Gasteiger partial charge on any atom is -0.497 e. The van der Waals surface area contributed by atoms with Crippen LogP contribution in [-0.4, -0.2) is 7.11 Å². The maximum Gasteiger partial charge on any atom is 0.119 e. The maximum atomic E-state index is 5.41. The first-order chi connectivity index (χ1) is 10.2. The lowest BCUT2D eigenvalue weighted by atomic mass is 9.52. The van der Waals surface area contributed by atoms with Crippen LogP contribution in [0, 0.1) is 17.3 Å². The van der Waals surface area contributed by atoms with Crippen LogP contribution in [0.15, 0.2) is 30.4 Å². The Morgan fingerprint density at radius 3 is 2.95 bits per heavy atom. The van der Waals surface area contributed by atoms with E-state index in [1.165, 1.54) is 38.5 Å². The van der Waals surface area contributed by atoms with Crippen LogP contribution in [0.4, 0.5) is 0 Å². The van der Waals surface area contributed by atoms with Crippen molar-refractivity contribution in [2.45, 2.75) is 51.4 Å². The van der Waals surface area contributed by atoms with Gasteiger partial charge in [0.05, 0.1) is 7.11 Å². The SMILES string of the molecule is COc1ccc2c(c1)CC[C@@H]1[C@@H]2CC[C@]2(C)C=CCC[C@@H]12. The second-order valence-electron chi connectivity index (χ2n) is 7.50. The Bertz CT molecular complexity index is 573. The summed E-state index contributed by atoms with van der Waals surface area (Å²) in [6.45, 7) is 2.51. The van der Waals surface area contributed by atoms with Gasteiger partial charge in [-0.15, -0.1) is 0 Å². The summed E-state index contributed by atoms with van der Waals surface area (Å²) >= 11 is 0. The van der Waals surface area contributed by atoms with Crippen LogP contribution in [0.1, 0.15) is 56.1 Å². The van der Waals surface area contributed by atoms with Crippen molar-refractivity contribution in [2.24, 2.45) is 17.3 Å². The van der Waals surface area contributed by atoms with Crippen LogP contribution in [0.25, 0.3) is 0 Å². The van der Waals surface area contributed by atoms with Crippen LogP contribution in [-0.2, 0) is 6.42 Å². The fourth-order valence-electron chi connectivity index (χ4n) is 5.41. The first kappa shape index (κ1) is 13.4. The fourth-order valence-corrected chi connectivity index (χ4v) is 5.41. The zero-order chi connectivity index (χ0) is 14.4. The molecule has 0 N–H and O–H groups in total. The van der Waals surface area contributed by atoms with E-state index in [1.807, 2.05) is 0 Å². The number of hydrogen-bond acceptors (Lipinski definition) is 1. The van der Waals surface area contributed by atoms with Gasteiger partial charge in [0.1, 0.15) is 5.75 Å². The Labute approximate surface area is 128 Å². The molecule has 1 heteroatoms. The molecule has 0 aliphatic heterocycles. The number of allylic oxidation sites excluding steroid dienone is 2. The summed E-state index contributed by atoms with van der Waals surface area (Å²) in [6.07, 6.45) is 13.0. The molecule has 0 heterocycles. The van der Waals surface area contributed by atoms with Gasteiger partial charge in [-0.1, -0.05) is 25.1 Å². The summed E-state index contributed by atoms with van der Waals surface area (Å²) in [5.41, 5.74) is 3.65. The van der Waals surface area contributed by atoms with Crippen molar-refractivity contribution in [1.29, 1.82) is 0 Å². The third-order valence-corrected chi connectivity index (χ3v) is 6.51. The predicted molar refractivity (Wildman–Crippen MR) is 86.8 cm³/mol. The second-order valence-corrected chi connectivity index (χ2v) is 7.50. The van der Waals surface area contributed by atoms with Crippen molar-refractivity contribution in [1.82, 2.24) is 0 Å². The van der Waals surface area contributed by atoms with Crippen LogP contribution in [0.3, 0.4) is 0 Å². The van der Waals surface area contributed by atoms with Crippen molar-refractivity contribution in [3.63, 3.8) is 0 Å². The number of aryl methyl sites for hydroxylation is 1. The largest absolute Gasteiger partial charge is 0.497 e. The van der Waals surface area contributed by atoms with Crippen molar-refractivity contribution in [3.05, 3.63) is 41.5 Å². The molecule has 1 aromatic carbocycles. The molecule has 3 aliphatic rings. The molecule has 1 saturated carbocycles. The topological polar surface area (TPSA) is 9.23 Å². The van der Waals surface area contributed by atoms with E-state index in [1.54, 1.807) is 18.2 Å². The Kier molecular flexibility index (Phi) is 3.13. The molecular weight excluding hydrogens is 256 g/mol. The minimum atomic E-state index is 0.476. The van der Waals surface area contributed by atoms with Gasteiger partial charge < -0.3 is 4.74 Å². The molecule has 1 aromatic rings. The summed E-state index contributed by atoms with van der Waals surface area (Å²) < 4.78 is 5.41. The normalized spacial score (nSPS) is 37.3. The molecule has 0 aromatic heterocycles. The molecule has 112 valence electrons. The Morgan fingerprint density at radius 1 is 1.19 bits per heavy atom. The van der Waals surface area contributed by atoms with E-state index in [2.05, 4.69) is 37.3 Å². The maximum absolute atomic E-state index is 5.41. The van der Waals surface area contributed by atoms with Gasteiger partial charge in [-0.3, -0.25) is 0 Å². The van der Waals surface area contributed by atoms with E-state index in [9.17, 15) is 0 Å².